The number of unbranched alkanes of at least 4 members (excludes halogenated alkanes) is 6. The number of aromatic nitrogens is 6. The van der Waals surface area contributed by atoms with E-state index in [0.29, 0.717) is 13.1 Å². The molecule has 21 nitrogen and oxygen atoms in total. The Morgan fingerprint density at radius 2 is 0.841 bits per heavy atom. The first kappa shape index (κ1) is 75.2. The Bertz CT molecular complexity index is 3260. The third-order valence-corrected chi connectivity index (χ3v) is 13.3. The van der Waals surface area contributed by atoms with Crippen LogP contribution < -0.4 is 43.9 Å². The number of hydrogen-bond acceptors (Lipinski definition) is 15. The van der Waals surface area contributed by atoms with Crippen LogP contribution in [0, 0.1) is 0 Å². The van der Waals surface area contributed by atoms with Crippen LogP contribution in [-0.2, 0) is 40.3 Å². The van der Waals surface area contributed by atoms with Gasteiger partial charge in [0, 0.05) is 80.7 Å². The Morgan fingerprint density at radius 1 is 0.466 bits per heavy atom. The highest BCUT2D eigenvalue weighted by Crippen LogP contribution is 2.24. The summed E-state index contributed by atoms with van der Waals surface area (Å²) in [5.41, 5.74) is 11.3. The van der Waals surface area contributed by atoms with Crippen LogP contribution >= 0.6 is 0 Å². The van der Waals surface area contributed by atoms with Crippen LogP contribution in [0.25, 0.3) is 0 Å². The fraction of sp³-hybridized carbons (Fsp3) is 0.403. The lowest BCUT2D eigenvalue weighted by Crippen LogP contribution is -2.33. The van der Waals surface area contributed by atoms with Crippen molar-refractivity contribution in [2.75, 3.05) is 76.7 Å². The number of aryl methyl sites for hydroxylation is 6. The summed E-state index contributed by atoms with van der Waals surface area (Å²) in [6, 6.07) is 43.5. The molecule has 0 aliphatic heterocycles. The Morgan fingerprint density at radius 3 is 1.22 bits per heavy atom. The SMILES string of the molecule is C.C.C.C.CN(C)c1ccc(N=Nc2cccc[n+]2CCCCCCn2cc[n+](C)c2N=Nc2ccc(NCCO)cc2)cc1.COc1ccc(N=Nc2n(CCCCCC[n+]3ccccc3N=Nc3ccc(N(C)C)cc3)cc[n+]2C)cc1.NCCO. The summed E-state index contributed by atoms with van der Waals surface area (Å²) in [6.07, 6.45) is 21.1. The Balaban J connectivity index is 0.000000543. The smallest absolute Gasteiger partial charge is 0.421 e. The highest BCUT2D eigenvalue weighted by molar-refractivity contribution is 5.53. The van der Waals surface area contributed by atoms with Crippen molar-refractivity contribution in [2.24, 2.45) is 60.7 Å². The lowest BCUT2D eigenvalue weighted by atomic mass is 10.2. The molecule has 0 atom stereocenters. The molecule has 4 heterocycles. The van der Waals surface area contributed by atoms with E-state index < -0.39 is 0 Å². The van der Waals surface area contributed by atoms with Gasteiger partial charge in [0.25, 0.3) is 0 Å². The van der Waals surface area contributed by atoms with E-state index in [0.717, 1.165) is 147 Å². The fourth-order valence-corrected chi connectivity index (χ4v) is 8.52. The molecule has 5 N–H and O–H groups in total. The highest BCUT2D eigenvalue weighted by atomic mass is 16.5. The summed E-state index contributed by atoms with van der Waals surface area (Å²) in [7, 11) is 13.7. The number of aliphatic hydroxyl groups is 2. The van der Waals surface area contributed by atoms with Gasteiger partial charge in [-0.15, -0.1) is 0 Å². The number of anilines is 3. The number of rotatable bonds is 29. The number of nitrogens with two attached hydrogens (primary N) is 1. The van der Waals surface area contributed by atoms with Gasteiger partial charge in [0.2, 0.25) is 0 Å². The molecule has 0 bridgehead atoms. The lowest BCUT2D eigenvalue weighted by Gasteiger charge is -2.11. The molecule has 8 aromatic rings. The van der Waals surface area contributed by atoms with Gasteiger partial charge >= 0.3 is 23.5 Å². The number of nitrogens with one attached hydrogen (secondary N) is 1. The fourth-order valence-electron chi connectivity index (χ4n) is 8.52. The van der Waals surface area contributed by atoms with Crippen LogP contribution in [-0.4, -0.2) is 81.0 Å². The zero-order valence-electron chi connectivity index (χ0n) is 50.0. The van der Waals surface area contributed by atoms with Crippen LogP contribution in [0.5, 0.6) is 5.75 Å². The molecule has 88 heavy (non-hydrogen) atoms. The topological polar surface area (TPSA) is 218 Å². The number of azo groups is 4. The molecular weight excluding hydrogens is 1100 g/mol. The number of aliphatic hydroxyl groups excluding tert-OH is 2. The van der Waals surface area contributed by atoms with E-state index in [4.69, 9.17) is 20.7 Å². The third kappa shape index (κ3) is 25.6. The van der Waals surface area contributed by atoms with Gasteiger partial charge in [-0.2, -0.15) is 0 Å². The second-order valence-corrected chi connectivity index (χ2v) is 20.2. The number of pyridine rings is 2. The molecule has 0 fully saturated rings. The van der Waals surface area contributed by atoms with Crippen LogP contribution in [0.3, 0.4) is 0 Å². The van der Waals surface area contributed by atoms with Crippen LogP contribution in [0.4, 0.5) is 63.3 Å². The molecule has 0 radical (unpaired) electrons. The number of benzene rings is 4. The summed E-state index contributed by atoms with van der Waals surface area (Å²) < 4.78 is 17.8. The van der Waals surface area contributed by atoms with Crippen LogP contribution in [0.15, 0.2) is 212 Å². The molecule has 4 aromatic carbocycles. The molecule has 0 aliphatic rings. The standard InChI is InChI=1S/C31H40N9O.C30H38N8O.C2H7NO.4CH4/c1-37(2)29-17-15-28(16-18-29)33-35-30-10-6-9-21-39(30)20-7-4-5-8-22-40-24-23-38(3)31(40)36-34-27-13-11-26(12-14-27)32-19-25-41;1-35(2)27-16-12-25(13-17-27)31-33-29-11-7-10-21-37(29)20-8-5-6-9-22-38-24-23-36(3)30(38)34-32-26-14-18-28(39-4)19-15-26;3-1-2-4;;;;/h6,9-18,21,23-24,41H,4-5,7-8,19-20,22,25H2,1-3H3;7,10-19,21,23-24H,5-6,8-9,20,22H2,1-4H3;4H,1-3H2;4*1H4/q+1;+2;;;;;/p+1. The number of imidazole rings is 2. The van der Waals surface area contributed by atoms with E-state index in [-0.39, 0.29) is 42.9 Å². The number of hydrogen-bond donors (Lipinski definition) is 4. The quantitative estimate of drug-likeness (QED) is 0.0202. The number of methoxy groups -OCH3 is 1. The van der Waals surface area contributed by atoms with E-state index >= 15 is 0 Å². The molecule has 0 aliphatic carbocycles. The molecule has 0 saturated heterocycles. The minimum absolute atomic E-state index is 0. The average molecular weight is 1210 g/mol. The summed E-state index contributed by atoms with van der Waals surface area (Å²) in [5, 5.41) is 55.5. The van der Waals surface area contributed by atoms with Crippen molar-refractivity contribution in [3.8, 4) is 5.75 Å². The summed E-state index contributed by atoms with van der Waals surface area (Å²) in [4.78, 5) is 4.13. The van der Waals surface area contributed by atoms with Crippen molar-refractivity contribution in [2.45, 2.75) is 107 Å². The predicted octanol–water partition coefficient (Wildman–Crippen LogP) is 14.4. The second kappa shape index (κ2) is 42.0. The molecule has 0 unspecified atom stereocenters. The first-order valence-electron chi connectivity index (χ1n) is 28.7. The molecule has 8 rings (SSSR count). The number of ether oxygens (including phenoxy) is 1. The van der Waals surface area contributed by atoms with Crippen molar-refractivity contribution in [3.05, 3.63) is 171 Å². The zero-order chi connectivity index (χ0) is 59.7. The van der Waals surface area contributed by atoms with Gasteiger partial charge in [0.1, 0.15) is 28.5 Å². The molecule has 21 heteroatoms. The van der Waals surface area contributed by atoms with Gasteiger partial charge in [0.05, 0.1) is 108 Å². The van der Waals surface area contributed by atoms with E-state index in [1.54, 1.807) is 7.11 Å². The van der Waals surface area contributed by atoms with Gasteiger partial charge in [0.15, 0.2) is 0 Å². The van der Waals surface area contributed by atoms with Gasteiger partial charge < -0.3 is 35.8 Å². The van der Waals surface area contributed by atoms with Gasteiger partial charge in [-0.3, -0.25) is 0 Å². The Hall–Kier alpha value is -8.92. The molecule has 474 valence electrons. The first-order valence-corrected chi connectivity index (χ1v) is 28.7. The van der Waals surface area contributed by atoms with Crippen molar-refractivity contribution in [1.29, 1.82) is 0 Å². The largest absolute Gasteiger partial charge is 0.497 e. The maximum Gasteiger partial charge on any atom is 0.421 e. The van der Waals surface area contributed by atoms with E-state index in [9.17, 15) is 0 Å². The van der Waals surface area contributed by atoms with Crippen LogP contribution in [0.1, 0.15) is 81.1 Å². The van der Waals surface area contributed by atoms with Crippen molar-refractivity contribution >= 4 is 63.3 Å². The van der Waals surface area contributed by atoms with Crippen molar-refractivity contribution in [1.82, 2.24) is 9.13 Å². The maximum atomic E-state index is 8.94. The van der Waals surface area contributed by atoms with Gasteiger partial charge in [-0.05, 0) is 158 Å². The van der Waals surface area contributed by atoms with E-state index in [1.165, 1.54) is 0 Å². The lowest BCUT2D eigenvalue weighted by molar-refractivity contribution is -0.685. The second-order valence-electron chi connectivity index (χ2n) is 20.2. The average Bonchev–Trinajstić information content (AvgIpc) is 4.23. The molecule has 4 aromatic heterocycles. The van der Waals surface area contributed by atoms with Gasteiger partial charge in [-0.25, -0.2) is 27.4 Å². The number of nitrogens with zero attached hydrogens (tertiary/aromatic N) is 16. The molecule has 0 spiro atoms. The van der Waals surface area contributed by atoms with E-state index in [1.807, 2.05) is 197 Å². The minimum Gasteiger partial charge on any atom is -0.497 e. The Kier molecular flexibility index (Phi) is 35.9. The first-order chi connectivity index (χ1) is 41.0. The van der Waals surface area contributed by atoms with E-state index in [2.05, 4.69) is 99.1 Å². The van der Waals surface area contributed by atoms with Gasteiger partial charge in [-0.1, -0.05) is 64.9 Å². The summed E-state index contributed by atoms with van der Waals surface area (Å²) >= 11 is 0. The molecular formula is C67H102N18O3+4. The van der Waals surface area contributed by atoms with Crippen molar-refractivity contribution in [3.63, 3.8) is 0 Å². The highest BCUT2D eigenvalue weighted by Gasteiger charge is 2.17. The maximum absolute atomic E-state index is 8.94. The minimum atomic E-state index is 0. The summed E-state index contributed by atoms with van der Waals surface area (Å²) in [5.74, 6) is 4.17. The monoisotopic (exact) mass is 1210 g/mol. The van der Waals surface area contributed by atoms with Crippen molar-refractivity contribution < 1.29 is 33.2 Å². The molecule has 0 saturated carbocycles. The summed E-state index contributed by atoms with van der Waals surface area (Å²) in [6.45, 7) is 4.71. The normalized spacial score (nSPS) is 10.8. The Labute approximate surface area is 524 Å². The predicted molar refractivity (Wildman–Crippen MR) is 358 cm³/mol. The third-order valence-electron chi connectivity index (χ3n) is 13.3. The zero-order valence-corrected chi connectivity index (χ0v) is 50.0. The molecule has 0 amide bonds. The van der Waals surface area contributed by atoms with Crippen LogP contribution in [0.2, 0.25) is 0 Å².